The van der Waals surface area contributed by atoms with Crippen molar-refractivity contribution >= 4 is 46.5 Å². The fourth-order valence-corrected chi connectivity index (χ4v) is 4.82. The van der Waals surface area contributed by atoms with Crippen molar-refractivity contribution in [2.24, 2.45) is 5.73 Å². The summed E-state index contributed by atoms with van der Waals surface area (Å²) in [5.74, 6) is -1.98. The van der Waals surface area contributed by atoms with Gasteiger partial charge in [-0.1, -0.05) is 72.3 Å². The summed E-state index contributed by atoms with van der Waals surface area (Å²) in [6.07, 6.45) is 0. The van der Waals surface area contributed by atoms with E-state index in [4.69, 9.17) is 23.1 Å². The number of carbonyl (C=O) groups excluding carboxylic acids is 3. The Balaban J connectivity index is 1.79. The molecule has 4 aromatic rings. The van der Waals surface area contributed by atoms with Gasteiger partial charge in [0.05, 0.1) is 5.69 Å². The third-order valence-electron chi connectivity index (χ3n) is 5.79. The quantitative estimate of drug-likeness (QED) is 0.248. The van der Waals surface area contributed by atoms with Gasteiger partial charge in [-0.05, 0) is 46.4 Å². The van der Waals surface area contributed by atoms with E-state index in [-0.39, 0.29) is 35.1 Å². The number of nitrogens with two attached hydrogens (primary N) is 2. The van der Waals surface area contributed by atoms with Crippen LogP contribution >= 0.6 is 23.1 Å². The summed E-state index contributed by atoms with van der Waals surface area (Å²) in [6, 6.07) is 21.1. The van der Waals surface area contributed by atoms with Gasteiger partial charge >= 0.3 is 0 Å². The number of hydrogen-bond donors (Lipinski definition) is 4. The molecule has 0 saturated carbocycles. The van der Waals surface area contributed by atoms with Crippen LogP contribution in [0.5, 0.6) is 5.75 Å². The minimum absolute atomic E-state index is 0.000949. The summed E-state index contributed by atoms with van der Waals surface area (Å²) in [5.41, 5.74) is 12.9. The summed E-state index contributed by atoms with van der Waals surface area (Å²) in [5, 5.41) is 13.1. The molecule has 3 amide bonds. The van der Waals surface area contributed by atoms with Crippen molar-refractivity contribution in [1.82, 2.24) is 14.6 Å². The molecule has 0 spiro atoms. The van der Waals surface area contributed by atoms with Crippen molar-refractivity contribution in [2.45, 2.75) is 19.1 Å². The zero-order valence-electron chi connectivity index (χ0n) is 20.0. The van der Waals surface area contributed by atoms with Gasteiger partial charge in [-0.2, -0.15) is 4.37 Å². The van der Waals surface area contributed by atoms with Crippen LogP contribution in [0.15, 0.2) is 78.9 Å². The van der Waals surface area contributed by atoms with Crippen LogP contribution in [0.4, 0.5) is 5.69 Å². The minimum atomic E-state index is -1.15. The lowest BCUT2D eigenvalue weighted by atomic mass is 10.0. The van der Waals surface area contributed by atoms with E-state index in [1.165, 1.54) is 17.0 Å². The van der Waals surface area contributed by atoms with Crippen molar-refractivity contribution in [3.63, 3.8) is 0 Å². The van der Waals surface area contributed by atoms with E-state index in [2.05, 4.69) is 9.69 Å². The van der Waals surface area contributed by atoms with Crippen LogP contribution < -0.4 is 16.8 Å². The number of anilines is 1. The third kappa shape index (κ3) is 5.93. The van der Waals surface area contributed by atoms with Crippen molar-refractivity contribution in [3.05, 3.63) is 111 Å². The molecular weight excluding hydrogens is 526 g/mol. The molecule has 0 saturated heterocycles. The van der Waals surface area contributed by atoms with Gasteiger partial charge in [0, 0.05) is 18.1 Å². The Kier molecular flexibility index (Phi) is 8.25. The van der Waals surface area contributed by atoms with Gasteiger partial charge in [-0.25, -0.2) is 0 Å². The molecule has 0 radical (unpaired) electrons. The molecule has 1 heterocycles. The van der Waals surface area contributed by atoms with Gasteiger partial charge in [0.1, 0.15) is 16.7 Å². The number of halogens is 1. The fraction of sp³-hybridized carbons (Fsp3) is 0.111. The molecule has 6 N–H and O–H groups in total. The predicted molar refractivity (Wildman–Crippen MR) is 146 cm³/mol. The molecule has 194 valence electrons. The Bertz CT molecular complexity index is 1460. The van der Waals surface area contributed by atoms with Crippen LogP contribution in [-0.2, 0) is 17.9 Å². The number of aromatic hydroxyl groups is 1. The molecule has 0 aliphatic carbocycles. The number of benzene rings is 3. The molecule has 11 heteroatoms. The molecule has 0 unspecified atom stereocenters. The van der Waals surface area contributed by atoms with E-state index < -0.39 is 23.8 Å². The summed E-state index contributed by atoms with van der Waals surface area (Å²) >= 11 is 7.14. The summed E-state index contributed by atoms with van der Waals surface area (Å²) < 4.78 is 3.94. The average Bonchev–Trinajstić information content (AvgIpc) is 3.31. The first kappa shape index (κ1) is 26.6. The number of hydrogen-bond acceptors (Lipinski definition) is 7. The maximum absolute atomic E-state index is 14.0. The fourth-order valence-electron chi connectivity index (χ4n) is 3.86. The number of amides is 3. The normalized spacial score (nSPS) is 11.5. The van der Waals surface area contributed by atoms with E-state index in [9.17, 15) is 19.5 Å². The number of aromatic nitrogens is 1. The molecule has 0 aliphatic heterocycles. The van der Waals surface area contributed by atoms with Crippen LogP contribution in [0.1, 0.15) is 42.9 Å². The molecule has 1 atom stereocenters. The van der Waals surface area contributed by atoms with Crippen molar-refractivity contribution in [2.75, 3.05) is 5.73 Å². The van der Waals surface area contributed by atoms with Crippen LogP contribution in [0.25, 0.3) is 0 Å². The Hall–Kier alpha value is -4.41. The smallest absolute Gasteiger partial charge is 0.270 e. The van der Waals surface area contributed by atoms with E-state index >= 15 is 0 Å². The molecule has 0 bridgehead atoms. The van der Waals surface area contributed by atoms with Crippen LogP contribution in [0, 0.1) is 0 Å². The van der Waals surface area contributed by atoms with Gasteiger partial charge in [-0.3, -0.25) is 14.4 Å². The maximum atomic E-state index is 14.0. The standard InChI is InChI=1S/C27H24ClN5O4S/c28-20-9-5-4-8-18(20)15-33(27(37)24-21(29)22(25(30)35)32-38-24)23(17-10-12-19(34)13-11-17)26(36)31-14-16-6-2-1-3-7-16/h1-13,23,34H,14-15,29H2,(H2,30,35)(H,31,36)/t23-/m0/s1. The molecule has 1 aromatic heterocycles. The van der Waals surface area contributed by atoms with Gasteiger partial charge in [0.15, 0.2) is 5.69 Å². The largest absolute Gasteiger partial charge is 0.508 e. The summed E-state index contributed by atoms with van der Waals surface area (Å²) in [7, 11) is 0. The van der Waals surface area contributed by atoms with E-state index in [0.717, 1.165) is 17.1 Å². The number of nitrogens with one attached hydrogen (secondary N) is 1. The molecule has 0 aliphatic rings. The lowest BCUT2D eigenvalue weighted by molar-refractivity contribution is -0.126. The number of phenolic OH excluding ortho intramolecular Hbond substituents is 1. The van der Waals surface area contributed by atoms with Gasteiger partial charge in [0.25, 0.3) is 11.8 Å². The predicted octanol–water partition coefficient (Wildman–Crippen LogP) is 3.88. The molecule has 9 nitrogen and oxygen atoms in total. The molecule has 0 fully saturated rings. The number of carbonyl (C=O) groups is 3. The van der Waals surface area contributed by atoms with Gasteiger partial charge in [0.2, 0.25) is 5.91 Å². The minimum Gasteiger partial charge on any atom is -0.508 e. The lowest BCUT2D eigenvalue weighted by Gasteiger charge is -2.31. The summed E-state index contributed by atoms with van der Waals surface area (Å²) in [6.45, 7) is 0.156. The van der Waals surface area contributed by atoms with Crippen molar-refractivity contribution in [3.8, 4) is 5.75 Å². The Labute approximate surface area is 227 Å². The highest BCUT2D eigenvalue weighted by atomic mass is 35.5. The highest BCUT2D eigenvalue weighted by Crippen LogP contribution is 2.32. The highest BCUT2D eigenvalue weighted by molar-refractivity contribution is 7.09. The zero-order valence-corrected chi connectivity index (χ0v) is 21.6. The van der Waals surface area contributed by atoms with E-state index in [0.29, 0.717) is 16.1 Å². The maximum Gasteiger partial charge on any atom is 0.270 e. The number of phenols is 1. The second-order valence-corrected chi connectivity index (χ2v) is 9.54. The van der Waals surface area contributed by atoms with Crippen molar-refractivity contribution in [1.29, 1.82) is 0 Å². The zero-order chi connectivity index (χ0) is 27.2. The first-order valence-corrected chi connectivity index (χ1v) is 12.6. The number of primary amides is 1. The molecule has 4 rings (SSSR count). The number of nitrogen functional groups attached to an aromatic ring is 1. The van der Waals surface area contributed by atoms with Gasteiger partial charge < -0.3 is 26.8 Å². The number of nitrogens with zero attached hydrogens (tertiary/aromatic N) is 2. The van der Waals surface area contributed by atoms with Gasteiger partial charge in [-0.15, -0.1) is 0 Å². The molecular formula is C27H24ClN5O4S. The first-order chi connectivity index (χ1) is 18.3. The second-order valence-electron chi connectivity index (χ2n) is 8.36. The van der Waals surface area contributed by atoms with Crippen LogP contribution in [0.2, 0.25) is 5.02 Å². The second kappa shape index (κ2) is 11.8. The Morgan fingerprint density at radius 2 is 1.66 bits per heavy atom. The van der Waals surface area contributed by atoms with Crippen molar-refractivity contribution < 1.29 is 19.5 Å². The van der Waals surface area contributed by atoms with E-state index in [1.807, 2.05) is 30.3 Å². The SMILES string of the molecule is NC(=O)c1nsc(C(=O)N(Cc2ccccc2Cl)[C@H](C(=O)NCc2ccccc2)c2ccc(O)cc2)c1N. The topological polar surface area (TPSA) is 152 Å². The van der Waals surface area contributed by atoms with E-state index in [1.54, 1.807) is 36.4 Å². The van der Waals surface area contributed by atoms with Crippen LogP contribution in [0.3, 0.4) is 0 Å². The van der Waals surface area contributed by atoms with Crippen LogP contribution in [-0.4, -0.2) is 32.1 Å². The monoisotopic (exact) mass is 549 g/mol. The molecule has 3 aromatic carbocycles. The summed E-state index contributed by atoms with van der Waals surface area (Å²) in [4.78, 5) is 40.7. The first-order valence-electron chi connectivity index (χ1n) is 11.5. The number of rotatable bonds is 9. The Morgan fingerprint density at radius 3 is 2.29 bits per heavy atom. The lowest BCUT2D eigenvalue weighted by Crippen LogP contribution is -2.43. The Morgan fingerprint density at radius 1 is 1.00 bits per heavy atom. The third-order valence-corrected chi connectivity index (χ3v) is 7.01. The molecule has 38 heavy (non-hydrogen) atoms. The average molecular weight is 550 g/mol. The highest BCUT2D eigenvalue weighted by Gasteiger charge is 2.35.